The van der Waals surface area contributed by atoms with Crippen LogP contribution in [-0.2, 0) is 17.8 Å². The summed E-state index contributed by atoms with van der Waals surface area (Å²) in [5.74, 6) is 1.53. The van der Waals surface area contributed by atoms with Crippen molar-refractivity contribution in [3.8, 4) is 0 Å². The van der Waals surface area contributed by atoms with Crippen LogP contribution in [0.4, 0.5) is 0 Å². The molecule has 3 heterocycles. The molecule has 0 bridgehead atoms. The predicted octanol–water partition coefficient (Wildman–Crippen LogP) is 2.28. The lowest BCUT2D eigenvalue weighted by Crippen LogP contribution is -2.39. The van der Waals surface area contributed by atoms with Gasteiger partial charge < -0.3 is 9.32 Å². The first-order chi connectivity index (χ1) is 13.8. The first kappa shape index (κ1) is 18.7. The quantitative estimate of drug-likeness (QED) is 0.564. The summed E-state index contributed by atoms with van der Waals surface area (Å²) in [6.45, 7) is 2.01. The second-order valence-electron chi connectivity index (χ2n) is 6.86. The van der Waals surface area contributed by atoms with E-state index in [9.17, 15) is 4.79 Å². The van der Waals surface area contributed by atoms with E-state index in [0.29, 0.717) is 29.3 Å². The highest BCUT2D eigenvalue weighted by Gasteiger charge is 2.23. The fourth-order valence-corrected chi connectivity index (χ4v) is 4.05. The highest BCUT2D eigenvalue weighted by molar-refractivity contribution is 7.99. The number of hydrogen-bond acceptors (Lipinski definition) is 7. The number of rotatable bonds is 7. The van der Waals surface area contributed by atoms with Crippen LogP contribution in [0, 0.1) is 5.92 Å². The van der Waals surface area contributed by atoms with E-state index in [-0.39, 0.29) is 5.91 Å². The fourth-order valence-electron chi connectivity index (χ4n) is 3.36. The molecule has 9 heteroatoms. The molecule has 2 aromatic heterocycles. The topological polar surface area (TPSA) is 89.9 Å². The Bertz CT molecular complexity index is 875. The number of carbonyl (C=O) groups excluding carboxylic acids is 1. The van der Waals surface area contributed by atoms with Gasteiger partial charge >= 0.3 is 0 Å². The smallest absolute Gasteiger partial charge is 0.277 e. The molecule has 1 aliphatic heterocycles. The van der Waals surface area contributed by atoms with E-state index < -0.39 is 0 Å². The molecule has 0 radical (unpaired) electrons. The Hall–Kier alpha value is -2.68. The monoisotopic (exact) mass is 398 g/mol. The first-order valence-electron chi connectivity index (χ1n) is 9.35. The molecule has 1 aromatic carbocycles. The summed E-state index contributed by atoms with van der Waals surface area (Å²) >= 11 is 1.28. The minimum absolute atomic E-state index is 0.124. The van der Waals surface area contributed by atoms with Crippen molar-refractivity contribution in [1.29, 1.82) is 0 Å². The molecule has 1 aliphatic rings. The van der Waals surface area contributed by atoms with E-state index in [2.05, 4.69) is 44.5 Å². The number of amides is 1. The SMILES string of the molecule is O=C(CSc1nnc(Cn2cncn2)o1)N1CCC(Cc2ccccc2)CC1. The van der Waals surface area contributed by atoms with Gasteiger partial charge in [0.15, 0.2) is 0 Å². The van der Waals surface area contributed by atoms with E-state index >= 15 is 0 Å². The van der Waals surface area contributed by atoms with Gasteiger partial charge in [0.1, 0.15) is 19.2 Å². The lowest BCUT2D eigenvalue weighted by Gasteiger charge is -2.32. The Morgan fingerprint density at radius 3 is 2.75 bits per heavy atom. The lowest BCUT2D eigenvalue weighted by molar-refractivity contribution is -0.129. The molecule has 3 aromatic rings. The molecular weight excluding hydrogens is 376 g/mol. The van der Waals surface area contributed by atoms with Crippen LogP contribution in [0.1, 0.15) is 24.3 Å². The number of thioether (sulfide) groups is 1. The predicted molar refractivity (Wildman–Crippen MR) is 104 cm³/mol. The van der Waals surface area contributed by atoms with Gasteiger partial charge in [0.05, 0.1) is 5.75 Å². The Morgan fingerprint density at radius 2 is 2.00 bits per heavy atom. The van der Waals surface area contributed by atoms with Crippen LogP contribution in [-0.4, -0.2) is 54.6 Å². The number of benzene rings is 1. The van der Waals surface area contributed by atoms with E-state index in [1.54, 1.807) is 11.0 Å². The van der Waals surface area contributed by atoms with Crippen LogP contribution in [0.25, 0.3) is 0 Å². The standard InChI is InChI=1S/C19H22N6O2S/c26-18(12-28-19-23-22-17(27-19)11-25-14-20-13-21-25)24-8-6-16(7-9-24)10-15-4-2-1-3-5-15/h1-5,13-14,16H,6-12H2. The Kier molecular flexibility index (Phi) is 6.01. The average molecular weight is 398 g/mol. The molecule has 0 atom stereocenters. The van der Waals surface area contributed by atoms with Crippen LogP contribution >= 0.6 is 11.8 Å². The van der Waals surface area contributed by atoms with Gasteiger partial charge in [0.2, 0.25) is 11.8 Å². The molecule has 0 N–H and O–H groups in total. The summed E-state index contributed by atoms with van der Waals surface area (Å²) in [4.78, 5) is 18.3. The highest BCUT2D eigenvalue weighted by atomic mass is 32.2. The van der Waals surface area contributed by atoms with Gasteiger partial charge in [-0.15, -0.1) is 10.2 Å². The number of hydrogen-bond donors (Lipinski definition) is 0. The van der Waals surface area contributed by atoms with Crippen molar-refractivity contribution in [2.75, 3.05) is 18.8 Å². The van der Waals surface area contributed by atoms with Gasteiger partial charge in [-0.1, -0.05) is 42.1 Å². The maximum atomic E-state index is 12.5. The van der Waals surface area contributed by atoms with Crippen LogP contribution in [0.3, 0.4) is 0 Å². The number of likely N-dealkylation sites (tertiary alicyclic amines) is 1. The van der Waals surface area contributed by atoms with Crippen LogP contribution in [0.5, 0.6) is 0 Å². The maximum absolute atomic E-state index is 12.5. The van der Waals surface area contributed by atoms with Gasteiger partial charge in [-0.05, 0) is 30.7 Å². The zero-order valence-electron chi connectivity index (χ0n) is 15.5. The summed E-state index contributed by atoms with van der Waals surface area (Å²) in [7, 11) is 0. The van der Waals surface area contributed by atoms with E-state index in [1.165, 1.54) is 23.7 Å². The third-order valence-electron chi connectivity index (χ3n) is 4.87. The molecule has 0 aliphatic carbocycles. The van der Waals surface area contributed by atoms with E-state index in [0.717, 1.165) is 32.4 Å². The Labute approximate surface area is 167 Å². The third kappa shape index (κ3) is 4.98. The average Bonchev–Trinajstić information content (AvgIpc) is 3.40. The third-order valence-corrected chi connectivity index (χ3v) is 5.67. The summed E-state index contributed by atoms with van der Waals surface area (Å²) in [6, 6.07) is 10.6. The van der Waals surface area contributed by atoms with Gasteiger partial charge in [0, 0.05) is 13.1 Å². The summed E-state index contributed by atoms with van der Waals surface area (Å²) in [5.41, 5.74) is 1.38. The minimum Gasteiger partial charge on any atom is -0.414 e. The molecule has 1 saturated heterocycles. The molecule has 28 heavy (non-hydrogen) atoms. The van der Waals surface area contributed by atoms with Crippen molar-refractivity contribution in [2.24, 2.45) is 5.92 Å². The molecule has 0 spiro atoms. The van der Waals surface area contributed by atoms with Gasteiger partial charge in [-0.3, -0.25) is 4.79 Å². The Morgan fingerprint density at radius 1 is 1.18 bits per heavy atom. The van der Waals surface area contributed by atoms with Crippen molar-refractivity contribution in [3.05, 3.63) is 54.4 Å². The number of nitrogens with zero attached hydrogens (tertiary/aromatic N) is 6. The largest absolute Gasteiger partial charge is 0.414 e. The number of aromatic nitrogens is 5. The molecule has 8 nitrogen and oxygen atoms in total. The van der Waals surface area contributed by atoms with Crippen molar-refractivity contribution < 1.29 is 9.21 Å². The van der Waals surface area contributed by atoms with Gasteiger partial charge in [-0.25, -0.2) is 9.67 Å². The second-order valence-corrected chi connectivity index (χ2v) is 7.78. The van der Waals surface area contributed by atoms with Crippen molar-refractivity contribution in [1.82, 2.24) is 29.9 Å². The van der Waals surface area contributed by atoms with E-state index in [1.807, 2.05) is 11.0 Å². The molecule has 1 fully saturated rings. The Balaban J connectivity index is 1.20. The summed E-state index contributed by atoms with van der Waals surface area (Å²) in [5, 5.41) is 12.4. The molecule has 0 unspecified atom stereocenters. The molecular formula is C19H22N6O2S. The fraction of sp³-hybridized carbons (Fsp3) is 0.421. The maximum Gasteiger partial charge on any atom is 0.277 e. The van der Waals surface area contributed by atoms with Crippen molar-refractivity contribution in [3.63, 3.8) is 0 Å². The number of carbonyl (C=O) groups is 1. The normalized spacial score (nSPS) is 15.1. The molecule has 146 valence electrons. The van der Waals surface area contributed by atoms with Crippen LogP contribution < -0.4 is 0 Å². The second kappa shape index (κ2) is 9.01. The van der Waals surface area contributed by atoms with Crippen LogP contribution in [0.15, 0.2) is 52.6 Å². The lowest BCUT2D eigenvalue weighted by atomic mass is 9.90. The first-order valence-corrected chi connectivity index (χ1v) is 10.3. The summed E-state index contributed by atoms with van der Waals surface area (Å²) < 4.78 is 7.16. The van der Waals surface area contributed by atoms with Gasteiger partial charge in [0.25, 0.3) is 5.22 Å². The van der Waals surface area contributed by atoms with Crippen molar-refractivity contribution >= 4 is 17.7 Å². The molecule has 1 amide bonds. The number of piperidine rings is 1. The molecule has 0 saturated carbocycles. The van der Waals surface area contributed by atoms with Crippen molar-refractivity contribution in [2.45, 2.75) is 31.0 Å². The molecule has 4 rings (SSSR count). The zero-order valence-corrected chi connectivity index (χ0v) is 16.3. The van der Waals surface area contributed by atoms with Gasteiger partial charge in [-0.2, -0.15) is 5.10 Å². The minimum atomic E-state index is 0.124. The van der Waals surface area contributed by atoms with Crippen LogP contribution in [0.2, 0.25) is 0 Å². The summed E-state index contributed by atoms with van der Waals surface area (Å²) in [6.07, 6.45) is 6.23. The highest BCUT2D eigenvalue weighted by Crippen LogP contribution is 2.23. The van der Waals surface area contributed by atoms with E-state index in [4.69, 9.17) is 4.42 Å². The zero-order chi connectivity index (χ0) is 19.2.